The highest BCUT2D eigenvalue weighted by molar-refractivity contribution is 5.69. The molecule has 4 heteroatoms. The van der Waals surface area contributed by atoms with Gasteiger partial charge in [-0.2, -0.15) is 0 Å². The molecule has 0 unspecified atom stereocenters. The highest BCUT2D eigenvalue weighted by Gasteiger charge is 2.12. The van der Waals surface area contributed by atoms with E-state index in [4.69, 9.17) is 4.74 Å². The van der Waals surface area contributed by atoms with Crippen LogP contribution in [0.25, 0.3) is 11.3 Å². The van der Waals surface area contributed by atoms with Crippen molar-refractivity contribution >= 4 is 5.82 Å². The third kappa shape index (κ3) is 3.72. The Bertz CT molecular complexity index is 596. The van der Waals surface area contributed by atoms with E-state index in [2.05, 4.69) is 36.1 Å². The Hall–Kier alpha value is -2.10. The molecule has 0 aliphatic heterocycles. The van der Waals surface area contributed by atoms with Crippen LogP contribution in [0.15, 0.2) is 30.3 Å². The van der Waals surface area contributed by atoms with Crippen molar-refractivity contribution in [3.05, 3.63) is 36.2 Å². The van der Waals surface area contributed by atoms with E-state index >= 15 is 0 Å². The lowest BCUT2D eigenvalue weighted by Gasteiger charge is -2.13. The van der Waals surface area contributed by atoms with Gasteiger partial charge in [-0.1, -0.05) is 32.9 Å². The van der Waals surface area contributed by atoms with Gasteiger partial charge in [0.25, 0.3) is 0 Å². The van der Waals surface area contributed by atoms with E-state index in [0.29, 0.717) is 6.61 Å². The van der Waals surface area contributed by atoms with Gasteiger partial charge in [0.2, 0.25) is 0 Å². The zero-order chi connectivity index (χ0) is 15.2. The Kier molecular flexibility index (Phi) is 5.14. The summed E-state index contributed by atoms with van der Waals surface area (Å²) in [6.07, 6.45) is 0.983. The van der Waals surface area contributed by atoms with Crippen molar-refractivity contribution in [3.63, 3.8) is 0 Å². The van der Waals surface area contributed by atoms with Crippen molar-refractivity contribution in [1.29, 1.82) is 0 Å². The Balaban J connectivity index is 2.48. The molecule has 21 heavy (non-hydrogen) atoms. The second kappa shape index (κ2) is 7.07. The number of rotatable bonds is 6. The van der Waals surface area contributed by atoms with E-state index < -0.39 is 0 Å². The summed E-state index contributed by atoms with van der Waals surface area (Å²) in [4.78, 5) is 9.19. The zero-order valence-corrected chi connectivity index (χ0v) is 13.2. The van der Waals surface area contributed by atoms with E-state index in [1.54, 1.807) is 0 Å². The average molecular weight is 285 g/mol. The number of hydrogen-bond acceptors (Lipinski definition) is 4. The van der Waals surface area contributed by atoms with Gasteiger partial charge in [-0.3, -0.25) is 0 Å². The molecular weight excluding hydrogens is 262 g/mol. The number of nitrogens with zero attached hydrogens (tertiary/aromatic N) is 2. The van der Waals surface area contributed by atoms with Crippen LogP contribution in [0.3, 0.4) is 0 Å². The largest absolute Gasteiger partial charge is 0.493 e. The average Bonchev–Trinajstić information content (AvgIpc) is 2.52. The molecule has 4 nitrogen and oxygen atoms in total. The highest BCUT2D eigenvalue weighted by atomic mass is 16.5. The van der Waals surface area contributed by atoms with Crippen molar-refractivity contribution in [2.75, 3.05) is 19.0 Å². The molecule has 112 valence electrons. The molecule has 0 spiro atoms. The first kappa shape index (κ1) is 15.3. The van der Waals surface area contributed by atoms with Crippen molar-refractivity contribution in [2.24, 2.45) is 0 Å². The number of nitrogens with one attached hydrogen (secondary N) is 1. The fourth-order valence-corrected chi connectivity index (χ4v) is 2.01. The van der Waals surface area contributed by atoms with Gasteiger partial charge >= 0.3 is 0 Å². The fourth-order valence-electron chi connectivity index (χ4n) is 2.01. The maximum atomic E-state index is 5.83. The highest BCUT2D eigenvalue weighted by Crippen LogP contribution is 2.30. The summed E-state index contributed by atoms with van der Waals surface area (Å²) >= 11 is 0. The van der Waals surface area contributed by atoms with Crippen LogP contribution in [-0.4, -0.2) is 23.6 Å². The number of aromatic nitrogens is 2. The number of anilines is 1. The standard InChI is InChI=1S/C17H23N3O/c1-5-10-21-15-9-7-6-8-13(15)14-11-16(18-4)20-17(19-14)12(2)3/h6-9,11-12H,5,10H2,1-4H3,(H,18,19,20). The van der Waals surface area contributed by atoms with Crippen molar-refractivity contribution in [2.45, 2.75) is 33.1 Å². The van der Waals surface area contributed by atoms with Crippen LogP contribution in [0.2, 0.25) is 0 Å². The van der Waals surface area contributed by atoms with Crippen LogP contribution < -0.4 is 10.1 Å². The summed E-state index contributed by atoms with van der Waals surface area (Å²) in [5, 5.41) is 3.10. The molecule has 0 radical (unpaired) electrons. The summed E-state index contributed by atoms with van der Waals surface area (Å²) in [5.74, 6) is 2.81. The van der Waals surface area contributed by atoms with Crippen LogP contribution in [0.1, 0.15) is 38.9 Å². The predicted octanol–water partition coefficient (Wildman–Crippen LogP) is 4.10. The zero-order valence-electron chi connectivity index (χ0n) is 13.2. The molecule has 1 N–H and O–H groups in total. The van der Waals surface area contributed by atoms with Gasteiger partial charge in [-0.05, 0) is 18.6 Å². The lowest BCUT2D eigenvalue weighted by atomic mass is 10.1. The van der Waals surface area contributed by atoms with Crippen molar-refractivity contribution in [1.82, 2.24) is 9.97 Å². The SMILES string of the molecule is CCCOc1ccccc1-c1cc(NC)nc(C(C)C)n1. The molecule has 1 aromatic heterocycles. The second-order valence-electron chi connectivity index (χ2n) is 5.25. The molecule has 0 saturated carbocycles. The van der Waals surface area contributed by atoms with Gasteiger partial charge in [0.05, 0.1) is 12.3 Å². The van der Waals surface area contributed by atoms with Gasteiger partial charge in [-0.25, -0.2) is 9.97 Å². The molecule has 1 aromatic carbocycles. The summed E-state index contributed by atoms with van der Waals surface area (Å²) < 4.78 is 5.83. The van der Waals surface area contributed by atoms with Crippen LogP contribution in [-0.2, 0) is 0 Å². The Morgan fingerprint density at radius 3 is 2.62 bits per heavy atom. The molecule has 2 aromatic rings. The number of benzene rings is 1. The molecule has 0 fully saturated rings. The Morgan fingerprint density at radius 1 is 1.19 bits per heavy atom. The summed E-state index contributed by atoms with van der Waals surface area (Å²) in [7, 11) is 1.87. The molecule has 0 atom stereocenters. The molecular formula is C17H23N3O. The van der Waals surface area contributed by atoms with Gasteiger partial charge in [-0.15, -0.1) is 0 Å². The van der Waals surface area contributed by atoms with Gasteiger partial charge in [0.1, 0.15) is 17.4 Å². The first-order valence-electron chi connectivity index (χ1n) is 7.44. The smallest absolute Gasteiger partial charge is 0.133 e. The second-order valence-corrected chi connectivity index (χ2v) is 5.25. The summed E-state index contributed by atoms with van der Waals surface area (Å²) in [5.41, 5.74) is 1.90. The molecule has 1 heterocycles. The third-order valence-electron chi connectivity index (χ3n) is 3.14. The first-order valence-corrected chi connectivity index (χ1v) is 7.44. The number of ether oxygens (including phenoxy) is 1. The topological polar surface area (TPSA) is 47.0 Å². The number of hydrogen-bond donors (Lipinski definition) is 1. The van der Waals surface area contributed by atoms with Crippen molar-refractivity contribution in [3.8, 4) is 17.0 Å². The van der Waals surface area contributed by atoms with Crippen LogP contribution in [0.5, 0.6) is 5.75 Å². The lowest BCUT2D eigenvalue weighted by molar-refractivity contribution is 0.318. The van der Waals surface area contributed by atoms with E-state index in [1.807, 2.05) is 37.4 Å². The molecule has 0 saturated heterocycles. The normalized spacial score (nSPS) is 10.7. The number of para-hydroxylation sites is 1. The van der Waals surface area contributed by atoms with Crippen LogP contribution in [0.4, 0.5) is 5.82 Å². The van der Waals surface area contributed by atoms with Gasteiger partial charge in [0.15, 0.2) is 0 Å². The maximum absolute atomic E-state index is 5.83. The minimum atomic E-state index is 0.278. The monoisotopic (exact) mass is 285 g/mol. The summed E-state index contributed by atoms with van der Waals surface area (Å²) in [6.45, 7) is 7.00. The van der Waals surface area contributed by atoms with Crippen LogP contribution >= 0.6 is 0 Å². The minimum Gasteiger partial charge on any atom is -0.493 e. The quantitative estimate of drug-likeness (QED) is 0.868. The van der Waals surface area contributed by atoms with E-state index in [9.17, 15) is 0 Å². The third-order valence-corrected chi connectivity index (χ3v) is 3.14. The minimum absolute atomic E-state index is 0.278. The van der Waals surface area contributed by atoms with E-state index in [1.165, 1.54) is 0 Å². The van der Waals surface area contributed by atoms with Crippen LogP contribution in [0, 0.1) is 0 Å². The Morgan fingerprint density at radius 2 is 1.95 bits per heavy atom. The molecule has 2 rings (SSSR count). The molecule has 0 amide bonds. The Labute approximate surface area is 126 Å². The maximum Gasteiger partial charge on any atom is 0.133 e. The first-order chi connectivity index (χ1) is 10.2. The molecule has 0 aliphatic rings. The van der Waals surface area contributed by atoms with E-state index in [0.717, 1.165) is 35.1 Å². The molecule has 0 aliphatic carbocycles. The van der Waals surface area contributed by atoms with Gasteiger partial charge in [0, 0.05) is 24.6 Å². The van der Waals surface area contributed by atoms with E-state index in [-0.39, 0.29) is 5.92 Å². The summed E-state index contributed by atoms with van der Waals surface area (Å²) in [6, 6.07) is 9.97. The predicted molar refractivity (Wildman–Crippen MR) is 86.9 cm³/mol. The molecule has 0 bridgehead atoms. The lowest BCUT2D eigenvalue weighted by Crippen LogP contribution is -2.04. The van der Waals surface area contributed by atoms with Crippen molar-refractivity contribution < 1.29 is 4.74 Å². The fraction of sp³-hybridized carbons (Fsp3) is 0.412. The van der Waals surface area contributed by atoms with Gasteiger partial charge < -0.3 is 10.1 Å².